The zero-order valence-corrected chi connectivity index (χ0v) is 12.5. The average Bonchev–Trinajstić information content (AvgIpc) is 2.44. The van der Waals surface area contributed by atoms with Crippen LogP contribution in [0.1, 0.15) is 6.42 Å². The molecule has 0 radical (unpaired) electrons. The molecule has 21 heavy (non-hydrogen) atoms. The highest BCUT2D eigenvalue weighted by atomic mass is 32.2. The molecule has 0 fully saturated rings. The summed E-state index contributed by atoms with van der Waals surface area (Å²) in [6.07, 6.45) is 2.48. The molecule has 0 aliphatic heterocycles. The van der Waals surface area contributed by atoms with Crippen LogP contribution in [0.15, 0.2) is 0 Å². The quantitative estimate of drug-likeness (QED) is 0.261. The van der Waals surface area contributed by atoms with E-state index in [4.69, 9.17) is 31.9 Å². The maximum absolute atomic E-state index is 10.1. The molecule has 0 aromatic carbocycles. The van der Waals surface area contributed by atoms with E-state index in [-0.39, 0.29) is 6.54 Å². The van der Waals surface area contributed by atoms with Gasteiger partial charge >= 0.3 is 17.9 Å². The number of hydrogen-bond donors (Lipinski definition) is 7. The molecule has 0 aromatic heterocycles. The summed E-state index contributed by atoms with van der Waals surface area (Å²) in [7, 11) is 0. The van der Waals surface area contributed by atoms with Crippen molar-refractivity contribution in [3.05, 3.63) is 0 Å². The number of nitrogens with two attached hydrogens (primary N) is 3. The molecular weight excluding hydrogens is 306 g/mol. The van der Waals surface area contributed by atoms with Crippen LogP contribution in [0.5, 0.6) is 0 Å². The van der Waals surface area contributed by atoms with E-state index in [1.165, 1.54) is 0 Å². The number of thioether (sulfide) groups is 1. The van der Waals surface area contributed by atoms with Crippen molar-refractivity contribution in [3.8, 4) is 0 Å². The second kappa shape index (κ2) is 16.7. The Morgan fingerprint density at radius 3 is 1.57 bits per heavy atom. The fourth-order valence-electron chi connectivity index (χ4n) is 0.446. The van der Waals surface area contributed by atoms with Gasteiger partial charge in [0.05, 0.1) is 13.2 Å². The lowest BCUT2D eigenvalue weighted by Crippen LogP contribution is -2.33. The molecule has 0 rings (SSSR count). The molecular formula is C10H23N3O7S. The van der Waals surface area contributed by atoms with Crippen LogP contribution in [0, 0.1) is 0 Å². The minimum atomic E-state index is -1.18. The molecule has 10 nitrogen and oxygen atoms in total. The van der Waals surface area contributed by atoms with Gasteiger partial charge in [-0.15, -0.1) is 0 Å². The summed E-state index contributed by atoms with van der Waals surface area (Å²) in [5.74, 6) is -2.25. The minimum Gasteiger partial charge on any atom is -0.480 e. The molecule has 0 saturated heterocycles. The molecule has 11 heteroatoms. The smallest absolute Gasteiger partial charge is 0.322 e. The Morgan fingerprint density at radius 2 is 1.43 bits per heavy atom. The largest absolute Gasteiger partial charge is 0.480 e. The number of carboxylic acids is 3. The molecule has 0 aromatic rings. The molecule has 0 unspecified atom stereocenters. The first-order valence-electron chi connectivity index (χ1n) is 5.62. The maximum atomic E-state index is 10.1. The number of aliphatic hydroxyl groups is 1. The molecule has 0 spiro atoms. The summed E-state index contributed by atoms with van der Waals surface area (Å²) >= 11 is 1.60. The highest BCUT2D eigenvalue weighted by molar-refractivity contribution is 7.98. The molecule has 0 aliphatic carbocycles. The van der Waals surface area contributed by atoms with E-state index >= 15 is 0 Å². The Labute approximate surface area is 126 Å². The average molecular weight is 329 g/mol. The molecule has 0 bridgehead atoms. The molecule has 0 saturated carbocycles. The van der Waals surface area contributed by atoms with Gasteiger partial charge in [0.2, 0.25) is 0 Å². The third-order valence-corrected chi connectivity index (χ3v) is 2.28. The first-order chi connectivity index (χ1) is 9.63. The zero-order valence-electron chi connectivity index (χ0n) is 11.6. The van der Waals surface area contributed by atoms with Gasteiger partial charge in [-0.2, -0.15) is 11.8 Å². The van der Waals surface area contributed by atoms with Crippen LogP contribution in [0.25, 0.3) is 0 Å². The monoisotopic (exact) mass is 329 g/mol. The van der Waals surface area contributed by atoms with Crippen molar-refractivity contribution in [1.82, 2.24) is 0 Å². The molecule has 126 valence electrons. The number of carboxylic acid groups (broad SMARTS) is 3. The predicted molar refractivity (Wildman–Crippen MR) is 78.0 cm³/mol. The zero-order chi connectivity index (χ0) is 17.4. The Hall–Kier alpha value is -1.40. The standard InChI is InChI=1S/C5H11NO2S.C3H7NO3.C2H5NO2/c1-9-3-2-4(6)5(7)8;4-2(1-5)3(6)7;3-1-2(4)5/h4H,2-3,6H2,1H3,(H,7,8);2,5H,1,4H2,(H,6,7);1,3H2,(H,4,5)/t4-;2-;/m00./s1. The second-order valence-corrected chi connectivity index (χ2v) is 4.44. The second-order valence-electron chi connectivity index (χ2n) is 3.45. The topological polar surface area (TPSA) is 210 Å². The summed E-state index contributed by atoms with van der Waals surface area (Å²) in [5, 5.41) is 31.8. The lowest BCUT2D eigenvalue weighted by atomic mass is 10.2. The molecule has 0 heterocycles. The van der Waals surface area contributed by atoms with Crippen molar-refractivity contribution in [2.45, 2.75) is 18.5 Å². The normalized spacial score (nSPS) is 11.9. The van der Waals surface area contributed by atoms with Gasteiger partial charge in [-0.1, -0.05) is 0 Å². The highest BCUT2D eigenvalue weighted by Crippen LogP contribution is 1.97. The van der Waals surface area contributed by atoms with Crippen molar-refractivity contribution in [2.75, 3.05) is 25.2 Å². The van der Waals surface area contributed by atoms with Crippen LogP contribution in [0.3, 0.4) is 0 Å². The first-order valence-corrected chi connectivity index (χ1v) is 7.01. The fourth-order valence-corrected chi connectivity index (χ4v) is 0.936. The number of hydrogen-bond acceptors (Lipinski definition) is 8. The Morgan fingerprint density at radius 1 is 1.05 bits per heavy atom. The number of rotatable bonds is 7. The van der Waals surface area contributed by atoms with Gasteiger partial charge in [-0.3, -0.25) is 14.4 Å². The molecule has 0 aliphatic rings. The SMILES string of the molecule is CSCC[C@H](N)C(=O)O.NCC(=O)O.N[C@@H](CO)C(=O)O. The third kappa shape index (κ3) is 24.0. The fraction of sp³-hybridized carbons (Fsp3) is 0.700. The van der Waals surface area contributed by atoms with E-state index in [0.29, 0.717) is 6.42 Å². The Balaban J connectivity index is -0.000000242. The van der Waals surface area contributed by atoms with Gasteiger partial charge in [0.15, 0.2) is 0 Å². The van der Waals surface area contributed by atoms with Crippen molar-refractivity contribution in [1.29, 1.82) is 0 Å². The van der Waals surface area contributed by atoms with Crippen LogP contribution >= 0.6 is 11.8 Å². The maximum Gasteiger partial charge on any atom is 0.322 e. The minimum absolute atomic E-state index is 0.278. The van der Waals surface area contributed by atoms with Crippen molar-refractivity contribution < 1.29 is 34.8 Å². The van der Waals surface area contributed by atoms with Gasteiger partial charge in [0, 0.05) is 0 Å². The van der Waals surface area contributed by atoms with E-state index in [1.807, 2.05) is 6.26 Å². The lowest BCUT2D eigenvalue weighted by molar-refractivity contribution is -0.140. The van der Waals surface area contributed by atoms with Crippen molar-refractivity contribution in [2.24, 2.45) is 17.2 Å². The van der Waals surface area contributed by atoms with Gasteiger partial charge in [-0.05, 0) is 18.4 Å². The molecule has 2 atom stereocenters. The van der Waals surface area contributed by atoms with Gasteiger partial charge in [0.1, 0.15) is 12.1 Å². The number of carbonyl (C=O) groups is 3. The van der Waals surface area contributed by atoms with Crippen molar-refractivity contribution in [3.63, 3.8) is 0 Å². The lowest BCUT2D eigenvalue weighted by Gasteiger charge is -2.02. The van der Waals surface area contributed by atoms with E-state index in [9.17, 15) is 14.4 Å². The predicted octanol–water partition coefficient (Wildman–Crippen LogP) is -2.43. The third-order valence-electron chi connectivity index (χ3n) is 1.64. The molecule has 10 N–H and O–H groups in total. The number of aliphatic hydroxyl groups excluding tert-OH is 1. The Kier molecular flexibility index (Phi) is 19.5. The van der Waals surface area contributed by atoms with E-state index in [1.54, 1.807) is 11.8 Å². The summed E-state index contributed by atoms with van der Waals surface area (Å²) < 4.78 is 0. The van der Waals surface area contributed by atoms with Gasteiger partial charge < -0.3 is 37.6 Å². The van der Waals surface area contributed by atoms with Crippen LogP contribution in [-0.4, -0.2) is 75.6 Å². The van der Waals surface area contributed by atoms with Gasteiger partial charge in [-0.25, -0.2) is 0 Å². The van der Waals surface area contributed by atoms with Crippen LogP contribution in [0.4, 0.5) is 0 Å². The summed E-state index contributed by atoms with van der Waals surface area (Å²) in [5.41, 5.74) is 14.5. The summed E-state index contributed by atoms with van der Waals surface area (Å²) in [6, 6.07) is -1.81. The first kappa shape index (κ1) is 24.6. The van der Waals surface area contributed by atoms with E-state index < -0.39 is 36.6 Å². The molecule has 0 amide bonds. The Bertz CT molecular complexity index is 304. The summed E-state index contributed by atoms with van der Waals surface area (Å²) in [6.45, 7) is -0.782. The van der Waals surface area contributed by atoms with Gasteiger partial charge in [0.25, 0.3) is 0 Å². The number of aliphatic carboxylic acids is 3. The van der Waals surface area contributed by atoms with Crippen molar-refractivity contribution >= 4 is 29.7 Å². The highest BCUT2D eigenvalue weighted by Gasteiger charge is 2.09. The van der Waals surface area contributed by atoms with Crippen LogP contribution < -0.4 is 17.2 Å². The van der Waals surface area contributed by atoms with E-state index in [0.717, 1.165) is 5.75 Å². The van der Waals surface area contributed by atoms with E-state index in [2.05, 4.69) is 5.73 Å². The summed E-state index contributed by atoms with van der Waals surface area (Å²) in [4.78, 5) is 29.0. The van der Waals surface area contributed by atoms with Crippen LogP contribution in [-0.2, 0) is 14.4 Å². The van der Waals surface area contributed by atoms with Crippen LogP contribution in [0.2, 0.25) is 0 Å².